The van der Waals surface area contributed by atoms with Crippen molar-refractivity contribution in [2.75, 3.05) is 0 Å². The van der Waals surface area contributed by atoms with Gasteiger partial charge in [0.05, 0.1) is 23.7 Å². The van der Waals surface area contributed by atoms with E-state index in [1.807, 2.05) is 0 Å². The molecule has 0 atom stereocenters. The summed E-state index contributed by atoms with van der Waals surface area (Å²) in [6, 6.07) is 1.74. The Morgan fingerprint density at radius 3 is 2.24 bits per heavy atom. The van der Waals surface area contributed by atoms with Crippen molar-refractivity contribution in [2.45, 2.75) is 20.8 Å². The second-order valence-corrected chi connectivity index (χ2v) is 4.06. The second kappa shape index (κ2) is 4.05. The number of allylic oxidation sites excluding steroid dienone is 2. The van der Waals surface area contributed by atoms with Gasteiger partial charge < -0.3 is 9.15 Å². The Kier molecular flexibility index (Phi) is 2.71. The van der Waals surface area contributed by atoms with Gasteiger partial charge >= 0.3 is 11.9 Å². The number of esters is 2. The van der Waals surface area contributed by atoms with Gasteiger partial charge in [-0.1, -0.05) is 5.57 Å². The standard InChI is InChI=1S/C13H12O4/c1-7(2)10-11(13(15)17-12(10)14)8(3)9-4-5-16-6-9/h4-6H,1-3H3/b11-8+. The van der Waals surface area contributed by atoms with Gasteiger partial charge in [-0.05, 0) is 32.4 Å². The van der Waals surface area contributed by atoms with Gasteiger partial charge in [0.15, 0.2) is 0 Å². The van der Waals surface area contributed by atoms with E-state index < -0.39 is 11.9 Å². The van der Waals surface area contributed by atoms with Crippen LogP contribution in [0.1, 0.15) is 26.3 Å². The first kappa shape index (κ1) is 11.4. The highest BCUT2D eigenvalue weighted by Gasteiger charge is 2.36. The lowest BCUT2D eigenvalue weighted by Gasteiger charge is -2.02. The average molecular weight is 232 g/mol. The van der Waals surface area contributed by atoms with Crippen LogP contribution in [0, 0.1) is 0 Å². The smallest absolute Gasteiger partial charge is 0.347 e. The molecule has 1 aliphatic heterocycles. The minimum atomic E-state index is -0.593. The van der Waals surface area contributed by atoms with E-state index in [0.29, 0.717) is 16.7 Å². The van der Waals surface area contributed by atoms with Crippen LogP contribution in [0.3, 0.4) is 0 Å². The molecule has 2 heterocycles. The van der Waals surface area contributed by atoms with E-state index in [9.17, 15) is 9.59 Å². The molecular formula is C13H12O4. The Balaban J connectivity index is 2.65. The van der Waals surface area contributed by atoms with Gasteiger partial charge in [-0.2, -0.15) is 0 Å². The first-order valence-corrected chi connectivity index (χ1v) is 5.20. The molecule has 0 unspecified atom stereocenters. The molecule has 0 N–H and O–H groups in total. The number of rotatable bonds is 1. The number of carbonyl (C=O) groups excluding carboxylic acids is 2. The molecule has 17 heavy (non-hydrogen) atoms. The van der Waals surface area contributed by atoms with Crippen molar-refractivity contribution < 1.29 is 18.7 Å². The van der Waals surface area contributed by atoms with Crippen LogP contribution in [0.25, 0.3) is 5.57 Å². The molecule has 2 rings (SSSR count). The normalized spacial score (nSPS) is 18.4. The largest absolute Gasteiger partial charge is 0.472 e. The maximum atomic E-state index is 11.7. The number of furan rings is 1. The zero-order valence-corrected chi connectivity index (χ0v) is 9.87. The molecule has 1 aromatic rings. The van der Waals surface area contributed by atoms with Crippen molar-refractivity contribution in [3.63, 3.8) is 0 Å². The van der Waals surface area contributed by atoms with Crippen molar-refractivity contribution in [1.82, 2.24) is 0 Å². The van der Waals surface area contributed by atoms with E-state index in [4.69, 9.17) is 4.42 Å². The Hall–Kier alpha value is -2.10. The summed E-state index contributed by atoms with van der Waals surface area (Å²) in [5.41, 5.74) is 2.90. The molecule has 88 valence electrons. The lowest BCUT2D eigenvalue weighted by Crippen LogP contribution is -1.98. The molecule has 4 heteroatoms. The Labute approximate surface area is 98.6 Å². The first-order valence-electron chi connectivity index (χ1n) is 5.20. The van der Waals surface area contributed by atoms with Gasteiger partial charge in [0.1, 0.15) is 0 Å². The Morgan fingerprint density at radius 1 is 1.06 bits per heavy atom. The monoisotopic (exact) mass is 232 g/mol. The third-order valence-corrected chi connectivity index (χ3v) is 2.67. The van der Waals surface area contributed by atoms with E-state index in [2.05, 4.69) is 4.74 Å². The summed E-state index contributed by atoms with van der Waals surface area (Å²) in [4.78, 5) is 23.2. The molecule has 0 bridgehead atoms. The van der Waals surface area contributed by atoms with E-state index >= 15 is 0 Å². The predicted molar refractivity (Wildman–Crippen MR) is 60.8 cm³/mol. The summed E-state index contributed by atoms with van der Waals surface area (Å²) >= 11 is 0. The van der Waals surface area contributed by atoms with Crippen LogP contribution in [0.4, 0.5) is 0 Å². The first-order chi connectivity index (χ1) is 8.02. The molecule has 0 spiro atoms. The van der Waals surface area contributed by atoms with Gasteiger partial charge in [-0.15, -0.1) is 0 Å². The average Bonchev–Trinajstić information content (AvgIpc) is 2.84. The lowest BCUT2D eigenvalue weighted by molar-refractivity contribution is -0.149. The van der Waals surface area contributed by atoms with Crippen molar-refractivity contribution in [1.29, 1.82) is 0 Å². The quantitative estimate of drug-likeness (QED) is 0.424. The van der Waals surface area contributed by atoms with Crippen LogP contribution in [0.15, 0.2) is 39.7 Å². The summed E-state index contributed by atoms with van der Waals surface area (Å²) in [7, 11) is 0. The molecule has 0 radical (unpaired) electrons. The van der Waals surface area contributed by atoms with Crippen molar-refractivity contribution in [2.24, 2.45) is 0 Å². The summed E-state index contributed by atoms with van der Waals surface area (Å²) < 4.78 is 9.61. The fraction of sp³-hybridized carbons (Fsp3) is 0.231. The minimum Gasteiger partial charge on any atom is -0.472 e. The topological polar surface area (TPSA) is 56.5 Å². The molecule has 0 aromatic carbocycles. The number of hydrogen-bond donors (Lipinski definition) is 0. The van der Waals surface area contributed by atoms with Gasteiger partial charge in [-0.25, -0.2) is 9.59 Å². The zero-order chi connectivity index (χ0) is 12.6. The number of carbonyl (C=O) groups is 2. The van der Waals surface area contributed by atoms with E-state index in [1.54, 1.807) is 26.8 Å². The summed E-state index contributed by atoms with van der Waals surface area (Å²) in [6.45, 7) is 5.32. The van der Waals surface area contributed by atoms with Crippen LogP contribution < -0.4 is 0 Å². The van der Waals surface area contributed by atoms with Crippen molar-refractivity contribution >= 4 is 17.5 Å². The molecule has 0 amide bonds. The third kappa shape index (κ3) is 1.82. The highest BCUT2D eigenvalue weighted by molar-refractivity contribution is 6.22. The van der Waals surface area contributed by atoms with Crippen molar-refractivity contribution in [3.05, 3.63) is 40.9 Å². The SMILES string of the molecule is CC(C)=C1C(=O)OC(=O)/C1=C(\C)c1ccoc1. The molecular weight excluding hydrogens is 220 g/mol. The van der Waals surface area contributed by atoms with Crippen molar-refractivity contribution in [3.8, 4) is 0 Å². The fourth-order valence-corrected chi connectivity index (χ4v) is 1.81. The van der Waals surface area contributed by atoms with Crippen LogP contribution in [-0.2, 0) is 14.3 Å². The molecule has 0 aliphatic carbocycles. The molecule has 1 saturated heterocycles. The Morgan fingerprint density at radius 2 is 1.71 bits per heavy atom. The van der Waals surface area contributed by atoms with E-state index in [1.165, 1.54) is 12.5 Å². The van der Waals surface area contributed by atoms with Crippen LogP contribution >= 0.6 is 0 Å². The highest BCUT2D eigenvalue weighted by Crippen LogP contribution is 2.32. The van der Waals surface area contributed by atoms with Gasteiger partial charge in [0.2, 0.25) is 0 Å². The lowest BCUT2D eigenvalue weighted by atomic mass is 9.96. The van der Waals surface area contributed by atoms with Gasteiger partial charge in [-0.3, -0.25) is 0 Å². The number of ether oxygens (including phenoxy) is 1. The van der Waals surface area contributed by atoms with E-state index in [0.717, 1.165) is 11.1 Å². The highest BCUT2D eigenvalue weighted by atomic mass is 16.6. The van der Waals surface area contributed by atoms with Crippen LogP contribution in [0.2, 0.25) is 0 Å². The predicted octanol–water partition coefficient (Wildman–Crippen LogP) is 2.47. The Bertz CT molecular complexity index is 540. The molecule has 1 aliphatic rings. The summed E-state index contributed by atoms with van der Waals surface area (Å²) in [6.07, 6.45) is 3.05. The third-order valence-electron chi connectivity index (χ3n) is 2.67. The number of hydrogen-bond acceptors (Lipinski definition) is 4. The minimum absolute atomic E-state index is 0.330. The molecule has 1 aromatic heterocycles. The van der Waals surface area contributed by atoms with E-state index in [-0.39, 0.29) is 0 Å². The fourth-order valence-electron chi connectivity index (χ4n) is 1.81. The zero-order valence-electron chi connectivity index (χ0n) is 9.87. The second-order valence-electron chi connectivity index (χ2n) is 4.06. The van der Waals surface area contributed by atoms with Crippen LogP contribution in [-0.4, -0.2) is 11.9 Å². The summed E-state index contributed by atoms with van der Waals surface area (Å²) in [5, 5.41) is 0. The maximum Gasteiger partial charge on any atom is 0.347 e. The number of cyclic esters (lactones) is 2. The maximum absolute atomic E-state index is 11.7. The molecule has 0 saturated carbocycles. The summed E-state index contributed by atoms with van der Waals surface area (Å²) in [5.74, 6) is -1.17. The molecule has 1 fully saturated rings. The van der Waals surface area contributed by atoms with Gasteiger partial charge in [0.25, 0.3) is 0 Å². The molecule has 4 nitrogen and oxygen atoms in total. The van der Waals surface area contributed by atoms with Gasteiger partial charge in [0, 0.05) is 5.56 Å². The van der Waals surface area contributed by atoms with Crippen LogP contribution in [0.5, 0.6) is 0 Å².